The summed E-state index contributed by atoms with van der Waals surface area (Å²) in [7, 11) is 0. The van der Waals surface area contributed by atoms with E-state index in [-0.39, 0.29) is 0 Å². The lowest BCUT2D eigenvalue weighted by atomic mass is 10.1. The van der Waals surface area contributed by atoms with Crippen LogP contribution in [0, 0.1) is 0 Å². The fourth-order valence-electron chi connectivity index (χ4n) is 1.49. The second-order valence-corrected chi connectivity index (χ2v) is 8.46. The number of allylic oxidation sites excluding steroid dienone is 2. The van der Waals surface area contributed by atoms with E-state index in [2.05, 4.69) is 35.7 Å². The first-order chi connectivity index (χ1) is 6.40. The third kappa shape index (κ3) is 1.12. The highest BCUT2D eigenvalue weighted by Crippen LogP contribution is 2.67. The Morgan fingerprint density at radius 3 is 2.08 bits per heavy atom. The molecule has 0 aromatic heterocycles. The van der Waals surface area contributed by atoms with Crippen molar-refractivity contribution in [2.45, 2.75) is 16.9 Å². The van der Waals surface area contributed by atoms with Crippen molar-refractivity contribution in [1.82, 2.24) is 0 Å². The molecule has 0 amide bonds. The first-order valence-corrected chi connectivity index (χ1v) is 7.63. The van der Waals surface area contributed by atoms with Gasteiger partial charge >= 0.3 is 0 Å². The molecule has 1 saturated heterocycles. The molecule has 2 heterocycles. The Bertz CT molecular complexity index is 358. The van der Waals surface area contributed by atoms with E-state index in [9.17, 15) is 0 Å². The van der Waals surface area contributed by atoms with Crippen LogP contribution in [-0.4, -0.2) is 10.5 Å². The number of hydrogen-bond donors (Lipinski definition) is 0. The molecule has 66 valence electrons. The Morgan fingerprint density at radius 1 is 0.923 bits per heavy atom. The minimum absolute atomic E-state index is 0.792. The van der Waals surface area contributed by atoms with Gasteiger partial charge < -0.3 is 0 Å². The third-order valence-corrected chi connectivity index (χ3v) is 8.64. The van der Waals surface area contributed by atoms with Crippen molar-refractivity contribution in [2.24, 2.45) is 0 Å². The lowest BCUT2D eigenvalue weighted by molar-refractivity contribution is 1.02. The molecule has 13 heavy (non-hydrogen) atoms. The Balaban J connectivity index is 1.62. The standard InChI is InChI=1S/C9H6S4/c1-2-5-4(1)10-8(11-5)9-12-6-3-7(6)13-9/h1-2,4-5H,3H2/t4-,5?/m0/s1. The van der Waals surface area contributed by atoms with Crippen molar-refractivity contribution >= 4 is 47.0 Å². The van der Waals surface area contributed by atoms with Gasteiger partial charge in [0.2, 0.25) is 0 Å². The van der Waals surface area contributed by atoms with E-state index in [0.717, 1.165) is 10.5 Å². The number of rotatable bonds is 0. The second-order valence-electron chi connectivity index (χ2n) is 3.35. The van der Waals surface area contributed by atoms with E-state index in [1.165, 1.54) is 6.42 Å². The summed E-state index contributed by atoms with van der Waals surface area (Å²) >= 11 is 8.18. The molecule has 0 bridgehead atoms. The van der Waals surface area contributed by atoms with Crippen LogP contribution in [0.4, 0.5) is 0 Å². The van der Waals surface area contributed by atoms with Crippen LogP contribution in [0.25, 0.3) is 0 Å². The zero-order chi connectivity index (χ0) is 8.41. The van der Waals surface area contributed by atoms with E-state index in [1.54, 1.807) is 18.3 Å². The average Bonchev–Trinajstić information content (AvgIpc) is 2.59. The topological polar surface area (TPSA) is 0 Å². The molecule has 0 aromatic rings. The first-order valence-electron chi connectivity index (χ1n) is 4.24. The molecule has 0 radical (unpaired) electrons. The Kier molecular flexibility index (Phi) is 1.57. The van der Waals surface area contributed by atoms with Crippen LogP contribution < -0.4 is 0 Å². The molecule has 1 fully saturated rings. The summed E-state index contributed by atoms with van der Waals surface area (Å²) < 4.78 is 3.16. The van der Waals surface area contributed by atoms with Gasteiger partial charge in [-0.3, -0.25) is 0 Å². The Morgan fingerprint density at radius 2 is 1.54 bits per heavy atom. The van der Waals surface area contributed by atoms with E-state index >= 15 is 0 Å². The van der Waals surface area contributed by atoms with Crippen molar-refractivity contribution in [1.29, 1.82) is 0 Å². The number of hydrogen-bond acceptors (Lipinski definition) is 4. The maximum atomic E-state index is 2.33. The first kappa shape index (κ1) is 7.85. The molecule has 2 atom stereocenters. The average molecular weight is 242 g/mol. The zero-order valence-electron chi connectivity index (χ0n) is 6.65. The van der Waals surface area contributed by atoms with Gasteiger partial charge in [0.05, 0.1) is 8.47 Å². The molecule has 1 unspecified atom stereocenters. The SMILES string of the molecule is C1=C[C@@H]2SC(=C3SC4=C(C4)S3)SC12. The fourth-order valence-corrected chi connectivity index (χ4v) is 7.65. The van der Waals surface area contributed by atoms with Crippen molar-refractivity contribution in [3.8, 4) is 0 Å². The maximum absolute atomic E-state index is 2.33. The van der Waals surface area contributed by atoms with Crippen LogP contribution in [0.15, 0.2) is 30.4 Å². The van der Waals surface area contributed by atoms with Gasteiger partial charge in [-0.05, 0) is 0 Å². The number of thioether (sulfide) groups is 4. The smallest absolute Gasteiger partial charge is 0.0693 e. The van der Waals surface area contributed by atoms with Gasteiger partial charge in [-0.15, -0.1) is 23.5 Å². The van der Waals surface area contributed by atoms with Gasteiger partial charge in [0.1, 0.15) is 0 Å². The van der Waals surface area contributed by atoms with Gasteiger partial charge in [-0.25, -0.2) is 0 Å². The van der Waals surface area contributed by atoms with Crippen LogP contribution >= 0.6 is 47.0 Å². The van der Waals surface area contributed by atoms with Crippen molar-refractivity contribution in [2.75, 3.05) is 0 Å². The Hall–Kier alpha value is 0.620. The predicted molar refractivity (Wildman–Crippen MR) is 65.7 cm³/mol. The van der Waals surface area contributed by atoms with Gasteiger partial charge in [-0.2, -0.15) is 0 Å². The lowest BCUT2D eigenvalue weighted by Gasteiger charge is -2.16. The largest absolute Gasteiger partial charge is 0.108 e. The van der Waals surface area contributed by atoms with Crippen LogP contribution in [0.2, 0.25) is 0 Å². The third-order valence-electron chi connectivity index (χ3n) is 2.41. The van der Waals surface area contributed by atoms with E-state index in [0.29, 0.717) is 0 Å². The van der Waals surface area contributed by atoms with Gasteiger partial charge in [-0.1, -0.05) is 35.7 Å². The van der Waals surface area contributed by atoms with Gasteiger partial charge in [0, 0.05) is 26.7 Å². The molecule has 0 spiro atoms. The molecule has 2 aliphatic heterocycles. The van der Waals surface area contributed by atoms with Gasteiger partial charge in [0.25, 0.3) is 0 Å². The predicted octanol–water partition coefficient (Wildman–Crippen LogP) is 4.00. The summed E-state index contributed by atoms with van der Waals surface area (Å²) in [6.45, 7) is 0. The van der Waals surface area contributed by atoms with Crippen LogP contribution in [-0.2, 0) is 0 Å². The summed E-state index contributed by atoms with van der Waals surface area (Å²) in [5.74, 6) is 0. The monoisotopic (exact) mass is 242 g/mol. The van der Waals surface area contributed by atoms with Crippen molar-refractivity contribution in [3.63, 3.8) is 0 Å². The second kappa shape index (κ2) is 2.60. The Labute approximate surface area is 94.1 Å². The minimum atomic E-state index is 0.792. The quantitative estimate of drug-likeness (QED) is 0.589. The molecule has 4 rings (SSSR count). The molecule has 0 N–H and O–H groups in total. The van der Waals surface area contributed by atoms with E-state index in [4.69, 9.17) is 0 Å². The summed E-state index contributed by atoms with van der Waals surface area (Å²) in [5.41, 5.74) is 0. The molecular formula is C9H6S4. The highest BCUT2D eigenvalue weighted by Gasteiger charge is 2.40. The highest BCUT2D eigenvalue weighted by atomic mass is 32.2. The molecule has 2 aliphatic carbocycles. The number of fused-ring (bicyclic) bond motifs is 1. The van der Waals surface area contributed by atoms with Gasteiger partial charge in [0.15, 0.2) is 0 Å². The molecular weight excluding hydrogens is 236 g/mol. The summed E-state index contributed by atoms with van der Waals surface area (Å²) in [6, 6.07) is 0. The fraction of sp³-hybridized carbons (Fsp3) is 0.333. The minimum Gasteiger partial charge on any atom is -0.108 e. The lowest BCUT2D eigenvalue weighted by Crippen LogP contribution is -2.17. The van der Waals surface area contributed by atoms with Crippen LogP contribution in [0.3, 0.4) is 0 Å². The van der Waals surface area contributed by atoms with E-state index < -0.39 is 0 Å². The van der Waals surface area contributed by atoms with Crippen molar-refractivity contribution < 1.29 is 0 Å². The highest BCUT2D eigenvalue weighted by molar-refractivity contribution is 8.33. The normalized spacial score (nSPS) is 39.4. The molecule has 0 aromatic carbocycles. The summed E-state index contributed by atoms with van der Waals surface area (Å²) in [4.78, 5) is 3.28. The summed E-state index contributed by atoms with van der Waals surface area (Å²) in [5, 5.41) is 1.58. The molecule has 0 saturated carbocycles. The van der Waals surface area contributed by atoms with Crippen LogP contribution in [0.1, 0.15) is 6.42 Å². The maximum Gasteiger partial charge on any atom is 0.0693 e. The van der Waals surface area contributed by atoms with Crippen LogP contribution in [0.5, 0.6) is 0 Å². The molecule has 4 aliphatic rings. The van der Waals surface area contributed by atoms with Crippen molar-refractivity contribution in [3.05, 3.63) is 30.4 Å². The zero-order valence-corrected chi connectivity index (χ0v) is 9.92. The summed E-state index contributed by atoms with van der Waals surface area (Å²) in [6.07, 6.45) is 5.97. The van der Waals surface area contributed by atoms with E-state index in [1.807, 2.05) is 23.5 Å². The molecule has 0 nitrogen and oxygen atoms in total. The molecule has 4 heteroatoms.